The topological polar surface area (TPSA) is 12.0 Å². The third-order valence-electron chi connectivity index (χ3n) is 3.13. The van der Waals surface area contributed by atoms with Gasteiger partial charge < -0.3 is 5.32 Å². The molecule has 0 amide bonds. The van der Waals surface area contributed by atoms with Gasteiger partial charge in [-0.25, -0.2) is 0 Å². The largest absolute Gasteiger partial charge is 0.310 e. The van der Waals surface area contributed by atoms with Gasteiger partial charge in [0.2, 0.25) is 0 Å². The van der Waals surface area contributed by atoms with Crippen molar-refractivity contribution in [3.05, 3.63) is 68.7 Å². The fraction of sp³-hybridized carbons (Fsp3) is 0.250. The quantitative estimate of drug-likeness (QED) is 0.778. The summed E-state index contributed by atoms with van der Waals surface area (Å²) in [6.07, 6.45) is 0.940. The molecule has 0 fully saturated rings. The SMILES string of the molecule is CC(Cc1ccc(Cl)cc1)NCc1cccc(Cl)c1Cl. The summed E-state index contributed by atoms with van der Waals surface area (Å²) in [5.41, 5.74) is 2.27. The van der Waals surface area contributed by atoms with E-state index in [2.05, 4.69) is 12.2 Å². The summed E-state index contributed by atoms with van der Waals surface area (Å²) in [7, 11) is 0. The first kappa shape index (κ1) is 15.7. The van der Waals surface area contributed by atoms with Gasteiger partial charge in [-0.1, -0.05) is 59.1 Å². The lowest BCUT2D eigenvalue weighted by molar-refractivity contribution is 0.545. The first-order chi connectivity index (χ1) is 9.56. The second kappa shape index (κ2) is 7.33. The molecular weight excluding hydrogens is 313 g/mol. The number of nitrogens with one attached hydrogen (secondary N) is 1. The molecule has 106 valence electrons. The molecule has 0 aromatic heterocycles. The Labute approximate surface area is 134 Å². The van der Waals surface area contributed by atoms with Crippen LogP contribution in [0.4, 0.5) is 0 Å². The Balaban J connectivity index is 1.90. The van der Waals surface area contributed by atoms with Gasteiger partial charge in [-0.15, -0.1) is 0 Å². The Bertz CT molecular complexity index is 566. The van der Waals surface area contributed by atoms with Gasteiger partial charge in [-0.05, 0) is 42.7 Å². The third kappa shape index (κ3) is 4.39. The number of rotatable bonds is 5. The van der Waals surface area contributed by atoms with E-state index in [1.54, 1.807) is 6.07 Å². The summed E-state index contributed by atoms with van der Waals surface area (Å²) in [6.45, 7) is 2.85. The molecule has 0 spiro atoms. The highest BCUT2D eigenvalue weighted by Gasteiger charge is 2.07. The molecule has 0 saturated heterocycles. The third-order valence-corrected chi connectivity index (χ3v) is 4.24. The summed E-state index contributed by atoms with van der Waals surface area (Å²) in [4.78, 5) is 0. The predicted molar refractivity (Wildman–Crippen MR) is 87.9 cm³/mol. The Morgan fingerprint density at radius 1 is 1.00 bits per heavy atom. The summed E-state index contributed by atoms with van der Waals surface area (Å²) >= 11 is 18.0. The van der Waals surface area contributed by atoms with E-state index >= 15 is 0 Å². The van der Waals surface area contributed by atoms with Crippen molar-refractivity contribution in [1.29, 1.82) is 0 Å². The van der Waals surface area contributed by atoms with Crippen LogP contribution in [-0.4, -0.2) is 6.04 Å². The van der Waals surface area contributed by atoms with Crippen molar-refractivity contribution in [3.63, 3.8) is 0 Å². The first-order valence-electron chi connectivity index (χ1n) is 6.47. The van der Waals surface area contributed by atoms with Gasteiger partial charge in [0.25, 0.3) is 0 Å². The second-order valence-corrected chi connectivity index (χ2v) is 6.05. The Morgan fingerprint density at radius 2 is 1.70 bits per heavy atom. The van der Waals surface area contributed by atoms with E-state index in [1.807, 2.05) is 36.4 Å². The van der Waals surface area contributed by atoms with E-state index in [-0.39, 0.29) is 0 Å². The van der Waals surface area contributed by atoms with E-state index in [0.29, 0.717) is 22.6 Å². The highest BCUT2D eigenvalue weighted by Crippen LogP contribution is 2.25. The van der Waals surface area contributed by atoms with Crippen LogP contribution >= 0.6 is 34.8 Å². The molecule has 0 radical (unpaired) electrons. The highest BCUT2D eigenvalue weighted by molar-refractivity contribution is 6.42. The number of hydrogen-bond donors (Lipinski definition) is 1. The van der Waals surface area contributed by atoms with Crippen LogP contribution in [0.5, 0.6) is 0 Å². The molecule has 1 atom stereocenters. The van der Waals surface area contributed by atoms with Gasteiger partial charge in [0, 0.05) is 17.6 Å². The molecule has 0 saturated carbocycles. The zero-order valence-electron chi connectivity index (χ0n) is 11.2. The van der Waals surface area contributed by atoms with E-state index < -0.39 is 0 Å². The van der Waals surface area contributed by atoms with Gasteiger partial charge in [0.1, 0.15) is 0 Å². The second-order valence-electron chi connectivity index (χ2n) is 4.83. The normalized spacial score (nSPS) is 12.4. The van der Waals surface area contributed by atoms with Crippen LogP contribution in [-0.2, 0) is 13.0 Å². The van der Waals surface area contributed by atoms with Crippen molar-refractivity contribution in [1.82, 2.24) is 5.32 Å². The van der Waals surface area contributed by atoms with Crippen molar-refractivity contribution >= 4 is 34.8 Å². The summed E-state index contributed by atoms with van der Waals surface area (Å²) in [5.74, 6) is 0. The molecule has 0 aliphatic rings. The maximum atomic E-state index is 6.17. The molecule has 0 bridgehead atoms. The molecule has 0 aliphatic carbocycles. The van der Waals surface area contributed by atoms with Crippen molar-refractivity contribution in [2.75, 3.05) is 0 Å². The van der Waals surface area contributed by atoms with Crippen molar-refractivity contribution in [3.8, 4) is 0 Å². The van der Waals surface area contributed by atoms with Crippen LogP contribution in [0.25, 0.3) is 0 Å². The van der Waals surface area contributed by atoms with Crippen LogP contribution in [0, 0.1) is 0 Å². The standard InChI is InChI=1S/C16H16Cl3N/c1-11(9-12-5-7-14(17)8-6-12)20-10-13-3-2-4-15(18)16(13)19/h2-8,11,20H,9-10H2,1H3. The zero-order chi connectivity index (χ0) is 14.5. The highest BCUT2D eigenvalue weighted by atomic mass is 35.5. The monoisotopic (exact) mass is 327 g/mol. The van der Waals surface area contributed by atoms with Crippen molar-refractivity contribution < 1.29 is 0 Å². The molecular formula is C16H16Cl3N. The molecule has 2 aromatic carbocycles. The number of halogens is 3. The first-order valence-corrected chi connectivity index (χ1v) is 7.60. The lowest BCUT2D eigenvalue weighted by Crippen LogP contribution is -2.27. The molecule has 1 N–H and O–H groups in total. The average molecular weight is 329 g/mol. The van der Waals surface area contributed by atoms with E-state index in [0.717, 1.165) is 17.0 Å². The Morgan fingerprint density at radius 3 is 2.40 bits per heavy atom. The summed E-state index contributed by atoms with van der Waals surface area (Å²) < 4.78 is 0. The van der Waals surface area contributed by atoms with Gasteiger partial charge in [-0.2, -0.15) is 0 Å². The van der Waals surface area contributed by atoms with Crippen LogP contribution in [0.15, 0.2) is 42.5 Å². The lowest BCUT2D eigenvalue weighted by Gasteiger charge is -2.15. The van der Waals surface area contributed by atoms with E-state index in [1.165, 1.54) is 5.56 Å². The van der Waals surface area contributed by atoms with Crippen LogP contribution in [0.3, 0.4) is 0 Å². The maximum Gasteiger partial charge on any atom is 0.0637 e. The number of hydrogen-bond acceptors (Lipinski definition) is 1. The van der Waals surface area contributed by atoms with Crippen molar-refractivity contribution in [2.45, 2.75) is 25.9 Å². The van der Waals surface area contributed by atoms with E-state index in [9.17, 15) is 0 Å². The fourth-order valence-corrected chi connectivity index (χ4v) is 2.53. The average Bonchev–Trinajstić information content (AvgIpc) is 2.43. The lowest BCUT2D eigenvalue weighted by atomic mass is 10.1. The molecule has 20 heavy (non-hydrogen) atoms. The molecule has 1 unspecified atom stereocenters. The van der Waals surface area contributed by atoms with Crippen LogP contribution < -0.4 is 5.32 Å². The minimum Gasteiger partial charge on any atom is -0.310 e. The smallest absolute Gasteiger partial charge is 0.0637 e. The molecule has 4 heteroatoms. The molecule has 2 rings (SSSR count). The Hall–Kier alpha value is -0.730. The molecule has 1 nitrogen and oxygen atoms in total. The molecule has 0 aliphatic heterocycles. The van der Waals surface area contributed by atoms with Gasteiger partial charge in [-0.3, -0.25) is 0 Å². The predicted octanol–water partition coefficient (Wildman–Crippen LogP) is 5.37. The fourth-order valence-electron chi connectivity index (χ4n) is 2.02. The number of benzene rings is 2. The molecule has 0 heterocycles. The molecule has 2 aromatic rings. The minimum absolute atomic E-state index is 0.339. The van der Waals surface area contributed by atoms with Crippen LogP contribution in [0.1, 0.15) is 18.1 Å². The van der Waals surface area contributed by atoms with Crippen LogP contribution in [0.2, 0.25) is 15.1 Å². The minimum atomic E-state index is 0.339. The van der Waals surface area contributed by atoms with Gasteiger partial charge in [0.05, 0.1) is 10.0 Å². The Kier molecular flexibility index (Phi) is 5.74. The summed E-state index contributed by atoms with van der Waals surface area (Å²) in [5, 5.41) is 5.44. The maximum absolute atomic E-state index is 6.17. The van der Waals surface area contributed by atoms with E-state index in [4.69, 9.17) is 34.8 Å². The van der Waals surface area contributed by atoms with Gasteiger partial charge in [0.15, 0.2) is 0 Å². The van der Waals surface area contributed by atoms with Gasteiger partial charge >= 0.3 is 0 Å². The van der Waals surface area contributed by atoms with Crippen molar-refractivity contribution in [2.24, 2.45) is 0 Å². The zero-order valence-corrected chi connectivity index (χ0v) is 13.4. The summed E-state index contributed by atoms with van der Waals surface area (Å²) in [6, 6.07) is 14.0.